The summed E-state index contributed by atoms with van der Waals surface area (Å²) in [7, 11) is 0. The van der Waals surface area contributed by atoms with Gasteiger partial charge in [0.15, 0.2) is 0 Å². The molecule has 0 bridgehead atoms. The molecule has 0 fully saturated rings. The molecular weight excluding hydrogens is 362 g/mol. The summed E-state index contributed by atoms with van der Waals surface area (Å²) in [6.07, 6.45) is 1.71. The van der Waals surface area contributed by atoms with Gasteiger partial charge in [-0.2, -0.15) is 0 Å². The summed E-state index contributed by atoms with van der Waals surface area (Å²) in [4.78, 5) is 40.2. The van der Waals surface area contributed by atoms with Gasteiger partial charge in [0, 0.05) is 26.2 Å². The fourth-order valence-electron chi connectivity index (χ4n) is 3.50. The summed E-state index contributed by atoms with van der Waals surface area (Å²) in [5, 5.41) is 21.3. The van der Waals surface area contributed by atoms with Gasteiger partial charge >= 0.3 is 0 Å². The Labute approximate surface area is 165 Å². The van der Waals surface area contributed by atoms with Crippen LogP contribution in [0.2, 0.25) is 0 Å². The van der Waals surface area contributed by atoms with Crippen LogP contribution < -0.4 is 5.32 Å². The Hall–Kier alpha value is -2.29. The van der Waals surface area contributed by atoms with Crippen molar-refractivity contribution in [2.24, 2.45) is 0 Å². The molecule has 8 heteroatoms. The summed E-state index contributed by atoms with van der Waals surface area (Å²) in [5.41, 5.74) is 0.870. The summed E-state index contributed by atoms with van der Waals surface area (Å²) in [5.74, 6) is -0.698. The molecule has 154 valence electrons. The number of benzene rings is 1. The molecule has 1 heterocycles. The maximum Gasteiger partial charge on any atom is 0.261 e. The molecule has 0 saturated carbocycles. The van der Waals surface area contributed by atoms with E-state index < -0.39 is 6.04 Å². The van der Waals surface area contributed by atoms with Crippen molar-refractivity contribution < 1.29 is 24.6 Å². The Morgan fingerprint density at radius 2 is 1.64 bits per heavy atom. The van der Waals surface area contributed by atoms with Crippen LogP contribution in [0.15, 0.2) is 24.3 Å². The first-order valence-electron chi connectivity index (χ1n) is 9.73. The zero-order chi connectivity index (χ0) is 20.5. The van der Waals surface area contributed by atoms with E-state index in [1.807, 2.05) is 6.92 Å². The van der Waals surface area contributed by atoms with Crippen LogP contribution in [-0.4, -0.2) is 83.2 Å². The van der Waals surface area contributed by atoms with Crippen molar-refractivity contribution in [1.82, 2.24) is 15.1 Å². The number of amides is 3. The van der Waals surface area contributed by atoms with E-state index in [1.54, 1.807) is 29.2 Å². The Morgan fingerprint density at radius 3 is 2.14 bits per heavy atom. The monoisotopic (exact) mass is 391 g/mol. The minimum atomic E-state index is -0.471. The molecule has 8 nitrogen and oxygen atoms in total. The number of nitrogens with zero attached hydrogens (tertiary/aromatic N) is 2. The summed E-state index contributed by atoms with van der Waals surface area (Å²) in [6.45, 7) is 3.00. The fraction of sp³-hybridized carbons (Fsp3) is 0.550. The number of hydrogen-bond donors (Lipinski definition) is 3. The van der Waals surface area contributed by atoms with Gasteiger partial charge < -0.3 is 15.5 Å². The van der Waals surface area contributed by atoms with E-state index in [-0.39, 0.29) is 30.9 Å². The summed E-state index contributed by atoms with van der Waals surface area (Å²) >= 11 is 0. The average molecular weight is 391 g/mol. The number of rotatable bonds is 12. The van der Waals surface area contributed by atoms with Gasteiger partial charge in [0.25, 0.3) is 11.8 Å². The minimum Gasteiger partial charge on any atom is -0.395 e. The zero-order valence-corrected chi connectivity index (χ0v) is 16.3. The Kier molecular flexibility index (Phi) is 8.56. The molecule has 1 aliphatic heterocycles. The number of carbonyl (C=O) groups is 3. The van der Waals surface area contributed by atoms with Crippen molar-refractivity contribution >= 4 is 17.7 Å². The standard InChI is InChI=1S/C20H29N3O5/c1-2-21-18(26)17(22(11-13-24)12-14-25)9-5-6-10-23-19(27)15-7-3-4-8-16(15)20(23)28/h3-4,7-8,17,24-25H,2,5-6,9-14H2,1H3,(H,21,26). The number of aliphatic hydroxyl groups excluding tert-OH is 2. The van der Waals surface area contributed by atoms with Crippen molar-refractivity contribution in [3.63, 3.8) is 0 Å². The molecule has 3 N–H and O–H groups in total. The quantitative estimate of drug-likeness (QED) is 0.348. The number of unbranched alkanes of at least 4 members (excludes halogenated alkanes) is 1. The van der Waals surface area contributed by atoms with Crippen molar-refractivity contribution in [2.75, 3.05) is 39.4 Å². The third-order valence-corrected chi connectivity index (χ3v) is 4.86. The second kappa shape index (κ2) is 10.9. The highest BCUT2D eigenvalue weighted by Crippen LogP contribution is 2.23. The van der Waals surface area contributed by atoms with Crippen LogP contribution in [0, 0.1) is 0 Å². The third-order valence-electron chi connectivity index (χ3n) is 4.86. The highest BCUT2D eigenvalue weighted by molar-refractivity contribution is 6.21. The summed E-state index contributed by atoms with van der Waals surface area (Å²) in [6, 6.07) is 6.31. The van der Waals surface area contributed by atoms with E-state index in [4.69, 9.17) is 0 Å². The highest BCUT2D eigenvalue weighted by atomic mass is 16.3. The Balaban J connectivity index is 1.92. The van der Waals surface area contributed by atoms with Crippen molar-refractivity contribution in [3.05, 3.63) is 35.4 Å². The normalized spacial score (nSPS) is 14.5. The lowest BCUT2D eigenvalue weighted by Gasteiger charge is -2.29. The molecule has 28 heavy (non-hydrogen) atoms. The van der Waals surface area contributed by atoms with Crippen molar-refractivity contribution in [1.29, 1.82) is 0 Å². The molecule has 2 rings (SSSR count). The Morgan fingerprint density at radius 1 is 1.07 bits per heavy atom. The van der Waals surface area contributed by atoms with Gasteiger partial charge in [-0.1, -0.05) is 12.1 Å². The lowest BCUT2D eigenvalue weighted by molar-refractivity contribution is -0.127. The van der Waals surface area contributed by atoms with Gasteiger partial charge in [0.1, 0.15) is 0 Å². The topological polar surface area (TPSA) is 110 Å². The minimum absolute atomic E-state index is 0.106. The van der Waals surface area contributed by atoms with Crippen LogP contribution in [0.3, 0.4) is 0 Å². The summed E-state index contributed by atoms with van der Waals surface area (Å²) < 4.78 is 0. The fourth-order valence-corrected chi connectivity index (χ4v) is 3.50. The molecule has 1 unspecified atom stereocenters. The maximum absolute atomic E-state index is 12.4. The molecule has 3 amide bonds. The number of hydrogen-bond acceptors (Lipinski definition) is 6. The molecule has 1 aromatic carbocycles. The zero-order valence-electron chi connectivity index (χ0n) is 16.3. The second-order valence-corrected chi connectivity index (χ2v) is 6.70. The van der Waals surface area contributed by atoms with Gasteiger partial charge in [0.2, 0.25) is 5.91 Å². The molecule has 0 aliphatic carbocycles. The molecule has 1 aromatic rings. The molecule has 0 saturated heterocycles. The van der Waals surface area contributed by atoms with Crippen LogP contribution in [0.5, 0.6) is 0 Å². The Bertz CT molecular complexity index is 653. The van der Waals surface area contributed by atoms with E-state index in [9.17, 15) is 24.6 Å². The van der Waals surface area contributed by atoms with Gasteiger partial charge in [-0.05, 0) is 38.3 Å². The molecule has 1 atom stereocenters. The molecule has 0 spiro atoms. The van der Waals surface area contributed by atoms with E-state index in [1.165, 1.54) is 4.90 Å². The molecule has 0 aromatic heterocycles. The van der Waals surface area contributed by atoms with Crippen LogP contribution in [0.25, 0.3) is 0 Å². The van der Waals surface area contributed by atoms with E-state index in [2.05, 4.69) is 5.32 Å². The van der Waals surface area contributed by atoms with Crippen LogP contribution in [-0.2, 0) is 4.79 Å². The van der Waals surface area contributed by atoms with Gasteiger partial charge in [-0.3, -0.25) is 24.2 Å². The van der Waals surface area contributed by atoms with Gasteiger partial charge in [-0.25, -0.2) is 0 Å². The number of aliphatic hydroxyl groups is 2. The molecule has 1 aliphatic rings. The number of imide groups is 1. The predicted octanol–water partition coefficient (Wildman–Crippen LogP) is 0.244. The largest absolute Gasteiger partial charge is 0.395 e. The van der Waals surface area contributed by atoms with Gasteiger partial charge in [-0.15, -0.1) is 0 Å². The number of carbonyl (C=O) groups excluding carboxylic acids is 3. The van der Waals surface area contributed by atoms with E-state index in [0.29, 0.717) is 56.6 Å². The maximum atomic E-state index is 12.4. The highest BCUT2D eigenvalue weighted by Gasteiger charge is 2.34. The number of nitrogens with one attached hydrogen (secondary N) is 1. The van der Waals surface area contributed by atoms with Crippen LogP contribution in [0.1, 0.15) is 46.9 Å². The third kappa shape index (κ3) is 5.15. The lowest BCUT2D eigenvalue weighted by Crippen LogP contribution is -2.49. The number of fused-ring (bicyclic) bond motifs is 1. The van der Waals surface area contributed by atoms with E-state index in [0.717, 1.165) is 0 Å². The smallest absolute Gasteiger partial charge is 0.261 e. The van der Waals surface area contributed by atoms with Crippen LogP contribution in [0.4, 0.5) is 0 Å². The van der Waals surface area contributed by atoms with Crippen molar-refractivity contribution in [2.45, 2.75) is 32.2 Å². The van der Waals surface area contributed by atoms with Crippen molar-refractivity contribution in [3.8, 4) is 0 Å². The van der Waals surface area contributed by atoms with Gasteiger partial charge in [0.05, 0.1) is 30.4 Å². The van der Waals surface area contributed by atoms with Crippen LogP contribution >= 0.6 is 0 Å². The SMILES string of the molecule is CCNC(=O)C(CCCCN1C(=O)c2ccccc2C1=O)N(CCO)CCO. The molecule has 0 radical (unpaired) electrons. The van der Waals surface area contributed by atoms with E-state index >= 15 is 0 Å². The molecular formula is C20H29N3O5. The predicted molar refractivity (Wildman–Crippen MR) is 104 cm³/mol. The first kappa shape index (κ1) is 22.0. The lowest BCUT2D eigenvalue weighted by atomic mass is 10.1. The first-order chi connectivity index (χ1) is 13.5. The average Bonchev–Trinajstić information content (AvgIpc) is 2.93. The number of likely N-dealkylation sites (N-methyl/N-ethyl adjacent to an activating group) is 1. The first-order valence-corrected chi connectivity index (χ1v) is 9.73. The second-order valence-electron chi connectivity index (χ2n) is 6.70.